The molecule has 0 aliphatic heterocycles. The van der Waals surface area contributed by atoms with Crippen molar-refractivity contribution in [1.29, 1.82) is 0 Å². The summed E-state index contributed by atoms with van der Waals surface area (Å²) in [5.41, 5.74) is 2.78. The molecule has 2 rings (SSSR count). The van der Waals surface area contributed by atoms with Gasteiger partial charge in [0.2, 0.25) is 11.8 Å². The summed E-state index contributed by atoms with van der Waals surface area (Å²) < 4.78 is 5.55. The molecule has 2 N–H and O–H groups in total. The Balaban J connectivity index is 1.79. The van der Waals surface area contributed by atoms with Gasteiger partial charge in [0.05, 0.1) is 6.10 Å². The first-order valence-corrected chi connectivity index (χ1v) is 8.32. The highest BCUT2D eigenvalue weighted by Crippen LogP contribution is 2.17. The molecule has 0 spiro atoms. The van der Waals surface area contributed by atoms with Crippen molar-refractivity contribution in [2.45, 2.75) is 39.8 Å². The van der Waals surface area contributed by atoms with Gasteiger partial charge < -0.3 is 15.4 Å². The van der Waals surface area contributed by atoms with Crippen molar-refractivity contribution >= 4 is 17.5 Å². The number of carbonyl (C=O) groups excluding carboxylic acids is 2. The molecule has 0 fully saturated rings. The second-order valence-electron chi connectivity index (χ2n) is 6.12. The molecule has 25 heavy (non-hydrogen) atoms. The Morgan fingerprint density at radius 3 is 2.32 bits per heavy atom. The molecule has 0 saturated carbocycles. The van der Waals surface area contributed by atoms with Gasteiger partial charge in [-0.1, -0.05) is 24.3 Å². The van der Waals surface area contributed by atoms with Crippen molar-refractivity contribution in [3.05, 3.63) is 59.7 Å². The second kappa shape index (κ2) is 8.87. The average Bonchev–Trinajstić information content (AvgIpc) is 2.55. The van der Waals surface area contributed by atoms with E-state index >= 15 is 0 Å². The molecule has 2 aromatic carbocycles. The first-order valence-electron chi connectivity index (χ1n) is 8.32. The molecule has 0 aromatic heterocycles. The van der Waals surface area contributed by atoms with Crippen LogP contribution in [-0.2, 0) is 16.1 Å². The summed E-state index contributed by atoms with van der Waals surface area (Å²) in [5, 5.41) is 5.47. The zero-order valence-corrected chi connectivity index (χ0v) is 14.8. The van der Waals surface area contributed by atoms with Crippen LogP contribution < -0.4 is 15.4 Å². The quantitative estimate of drug-likeness (QED) is 0.759. The van der Waals surface area contributed by atoms with E-state index in [2.05, 4.69) is 10.6 Å². The maximum atomic E-state index is 12.0. The molecule has 0 atom stereocenters. The molecule has 5 heteroatoms. The molecular weight excluding hydrogens is 316 g/mol. The zero-order valence-electron chi connectivity index (χ0n) is 14.8. The predicted molar refractivity (Wildman–Crippen MR) is 98.5 cm³/mol. The summed E-state index contributed by atoms with van der Waals surface area (Å²) in [7, 11) is 0. The van der Waals surface area contributed by atoms with Gasteiger partial charge in [-0.05, 0) is 56.2 Å². The van der Waals surface area contributed by atoms with E-state index in [4.69, 9.17) is 4.74 Å². The van der Waals surface area contributed by atoms with Gasteiger partial charge in [-0.15, -0.1) is 0 Å². The number of aryl methyl sites for hydroxylation is 1. The van der Waals surface area contributed by atoms with Gasteiger partial charge in [-0.25, -0.2) is 0 Å². The maximum Gasteiger partial charge on any atom is 0.233 e. The van der Waals surface area contributed by atoms with Crippen LogP contribution in [0.1, 0.15) is 31.4 Å². The number of nitrogens with one attached hydrogen (secondary N) is 2. The van der Waals surface area contributed by atoms with E-state index in [1.54, 1.807) is 24.3 Å². The minimum Gasteiger partial charge on any atom is -0.491 e. The lowest BCUT2D eigenvalue weighted by Crippen LogP contribution is -2.28. The first kappa shape index (κ1) is 18.5. The molecule has 0 aliphatic rings. The van der Waals surface area contributed by atoms with Crippen molar-refractivity contribution < 1.29 is 14.3 Å². The van der Waals surface area contributed by atoms with E-state index in [0.29, 0.717) is 12.2 Å². The molecule has 0 saturated heterocycles. The van der Waals surface area contributed by atoms with Crippen LogP contribution in [-0.4, -0.2) is 17.9 Å². The Morgan fingerprint density at radius 2 is 1.68 bits per heavy atom. The van der Waals surface area contributed by atoms with E-state index in [9.17, 15) is 9.59 Å². The molecule has 0 radical (unpaired) electrons. The summed E-state index contributed by atoms with van der Waals surface area (Å²) >= 11 is 0. The van der Waals surface area contributed by atoms with E-state index < -0.39 is 0 Å². The van der Waals surface area contributed by atoms with Crippen LogP contribution in [0.3, 0.4) is 0 Å². The molecule has 2 aromatic rings. The van der Waals surface area contributed by atoms with Crippen LogP contribution in [0.15, 0.2) is 48.5 Å². The third kappa shape index (κ3) is 6.30. The average molecular weight is 340 g/mol. The molecule has 5 nitrogen and oxygen atoms in total. The lowest BCUT2D eigenvalue weighted by Gasteiger charge is -2.11. The highest BCUT2D eigenvalue weighted by atomic mass is 16.5. The van der Waals surface area contributed by atoms with E-state index in [0.717, 1.165) is 16.9 Å². The van der Waals surface area contributed by atoms with Gasteiger partial charge in [-0.2, -0.15) is 0 Å². The van der Waals surface area contributed by atoms with Crippen LogP contribution in [0.2, 0.25) is 0 Å². The van der Waals surface area contributed by atoms with Gasteiger partial charge in [0.25, 0.3) is 0 Å². The van der Waals surface area contributed by atoms with Crippen LogP contribution in [0.5, 0.6) is 5.75 Å². The lowest BCUT2D eigenvalue weighted by atomic mass is 10.1. The highest BCUT2D eigenvalue weighted by Gasteiger charge is 2.10. The zero-order chi connectivity index (χ0) is 18.2. The monoisotopic (exact) mass is 340 g/mol. The van der Waals surface area contributed by atoms with Gasteiger partial charge in [0, 0.05) is 12.2 Å². The predicted octanol–water partition coefficient (Wildman–Crippen LogP) is 3.43. The maximum absolute atomic E-state index is 12.0. The first-order chi connectivity index (χ1) is 11.9. The molecular formula is C20H24N2O3. The minimum absolute atomic E-state index is 0.0948. The fourth-order valence-electron chi connectivity index (χ4n) is 2.30. The molecule has 0 bridgehead atoms. The number of rotatable bonds is 7. The van der Waals surface area contributed by atoms with Crippen LogP contribution in [0, 0.1) is 6.92 Å². The topological polar surface area (TPSA) is 67.4 Å². The van der Waals surface area contributed by atoms with Gasteiger partial charge in [-0.3, -0.25) is 9.59 Å². The minimum atomic E-state index is -0.347. The second-order valence-corrected chi connectivity index (χ2v) is 6.12. The SMILES string of the molecule is Cc1ccccc1CNC(=O)CC(=O)Nc1ccc(OC(C)C)cc1. The molecule has 132 valence electrons. The number of anilines is 1. The molecule has 0 aliphatic carbocycles. The van der Waals surface area contributed by atoms with Gasteiger partial charge in [0.1, 0.15) is 12.2 Å². The number of hydrogen-bond donors (Lipinski definition) is 2. The highest BCUT2D eigenvalue weighted by molar-refractivity contribution is 6.03. The third-order valence-corrected chi connectivity index (χ3v) is 3.57. The van der Waals surface area contributed by atoms with Gasteiger partial charge >= 0.3 is 0 Å². The Bertz CT molecular complexity index is 724. The summed E-state index contributed by atoms with van der Waals surface area (Å²) in [6.45, 7) is 6.30. The van der Waals surface area contributed by atoms with Crippen molar-refractivity contribution in [3.63, 3.8) is 0 Å². The number of carbonyl (C=O) groups is 2. The number of benzene rings is 2. The molecule has 2 amide bonds. The van der Waals surface area contributed by atoms with Crippen molar-refractivity contribution in [1.82, 2.24) is 5.32 Å². The summed E-state index contributed by atoms with van der Waals surface area (Å²) in [4.78, 5) is 23.9. The Kier molecular flexibility index (Phi) is 6.57. The van der Waals surface area contributed by atoms with E-state index in [1.807, 2.05) is 45.0 Å². The number of amides is 2. The standard InChI is InChI=1S/C20H24N2O3/c1-14(2)25-18-10-8-17(9-11-18)22-20(24)12-19(23)21-13-16-7-5-4-6-15(16)3/h4-11,14H,12-13H2,1-3H3,(H,21,23)(H,22,24). The van der Waals surface area contributed by atoms with Crippen molar-refractivity contribution in [2.24, 2.45) is 0 Å². The van der Waals surface area contributed by atoms with Crippen LogP contribution in [0.25, 0.3) is 0 Å². The Hall–Kier alpha value is -2.82. The van der Waals surface area contributed by atoms with Crippen molar-refractivity contribution in [3.8, 4) is 5.75 Å². The number of hydrogen-bond acceptors (Lipinski definition) is 3. The normalized spacial score (nSPS) is 10.4. The van der Waals surface area contributed by atoms with Crippen molar-refractivity contribution in [2.75, 3.05) is 5.32 Å². The lowest BCUT2D eigenvalue weighted by molar-refractivity contribution is -0.126. The fourth-order valence-corrected chi connectivity index (χ4v) is 2.30. The Morgan fingerprint density at radius 1 is 1.00 bits per heavy atom. The largest absolute Gasteiger partial charge is 0.491 e. The third-order valence-electron chi connectivity index (χ3n) is 3.57. The van der Waals surface area contributed by atoms with E-state index in [1.165, 1.54) is 0 Å². The molecule has 0 heterocycles. The summed E-state index contributed by atoms with van der Waals surface area (Å²) in [6.07, 6.45) is -0.117. The number of ether oxygens (including phenoxy) is 1. The summed E-state index contributed by atoms with van der Waals surface area (Å²) in [6, 6.07) is 14.9. The Labute approximate surface area is 148 Å². The van der Waals surface area contributed by atoms with Gasteiger partial charge in [0.15, 0.2) is 0 Å². The van der Waals surface area contributed by atoms with Crippen LogP contribution >= 0.6 is 0 Å². The summed E-state index contributed by atoms with van der Waals surface area (Å²) in [5.74, 6) is 0.0873. The van der Waals surface area contributed by atoms with E-state index in [-0.39, 0.29) is 24.3 Å². The fraction of sp³-hybridized carbons (Fsp3) is 0.300. The molecule has 0 unspecified atom stereocenters. The van der Waals surface area contributed by atoms with Crippen LogP contribution in [0.4, 0.5) is 5.69 Å². The smallest absolute Gasteiger partial charge is 0.233 e.